The van der Waals surface area contributed by atoms with Crippen LogP contribution in [0.2, 0.25) is 0 Å². The number of carbonyl (C=O) groups excluding carboxylic acids is 1. The largest absolute Gasteiger partial charge is 0.454 e. The molecule has 0 radical (unpaired) electrons. The van der Waals surface area contributed by atoms with E-state index in [1.807, 2.05) is 30.3 Å². The van der Waals surface area contributed by atoms with Gasteiger partial charge < -0.3 is 54.7 Å². The van der Waals surface area contributed by atoms with Gasteiger partial charge in [0.1, 0.15) is 43.2 Å². The molecule has 3 rings (SSSR count). The molecule has 0 bridgehead atoms. The zero-order valence-electron chi connectivity index (χ0n) is 18.4. The molecular formula is C22H32O12. The highest BCUT2D eigenvalue weighted by Crippen LogP contribution is 2.36. The number of benzene rings is 1. The van der Waals surface area contributed by atoms with Gasteiger partial charge in [-0.05, 0) is 18.4 Å². The van der Waals surface area contributed by atoms with Gasteiger partial charge in [0.05, 0.1) is 13.2 Å². The standard InChI is InChI=1S/C22H32O12/c23-9-13-16(27)18(29)19(32-15(26)8-4-7-12-5-2-1-3-6-12)21(31-13)34-22(11-25)20(30)17(28)14(10-24)33-22/h1-3,5-6,13-14,16-21,23-25,27-30H,4,7-11H2/t13-,14-,16-,17-,18+,19-,20+,21-,22+/m1/s1. The fourth-order valence-electron chi connectivity index (χ4n) is 4.04. The smallest absolute Gasteiger partial charge is 0.306 e. The van der Waals surface area contributed by atoms with E-state index in [2.05, 4.69) is 0 Å². The van der Waals surface area contributed by atoms with E-state index in [-0.39, 0.29) is 6.42 Å². The summed E-state index contributed by atoms with van der Waals surface area (Å²) >= 11 is 0. The van der Waals surface area contributed by atoms with Crippen LogP contribution in [0.1, 0.15) is 18.4 Å². The molecule has 1 aromatic rings. The molecule has 0 amide bonds. The Morgan fingerprint density at radius 2 is 1.62 bits per heavy atom. The zero-order chi connectivity index (χ0) is 24.9. The molecule has 0 spiro atoms. The van der Waals surface area contributed by atoms with Gasteiger partial charge in [0.25, 0.3) is 0 Å². The van der Waals surface area contributed by atoms with Gasteiger partial charge in [-0.25, -0.2) is 0 Å². The molecule has 1 aromatic carbocycles. The van der Waals surface area contributed by atoms with Gasteiger partial charge in [0.15, 0.2) is 6.10 Å². The summed E-state index contributed by atoms with van der Waals surface area (Å²) in [6.07, 6.45) is -11.8. The molecule has 0 aromatic heterocycles. The van der Waals surface area contributed by atoms with Crippen LogP contribution in [0.3, 0.4) is 0 Å². The fraction of sp³-hybridized carbons (Fsp3) is 0.682. The lowest BCUT2D eigenvalue weighted by atomic mass is 9.98. The molecule has 2 fully saturated rings. The van der Waals surface area contributed by atoms with E-state index >= 15 is 0 Å². The number of rotatable bonds is 10. The van der Waals surface area contributed by atoms with Crippen molar-refractivity contribution in [3.63, 3.8) is 0 Å². The van der Waals surface area contributed by atoms with Crippen molar-refractivity contribution in [3.05, 3.63) is 35.9 Å². The molecule has 0 aliphatic carbocycles. The summed E-state index contributed by atoms with van der Waals surface area (Å²) in [6, 6.07) is 9.45. The van der Waals surface area contributed by atoms with Crippen molar-refractivity contribution < 1.29 is 59.5 Å². The number of aliphatic hydroxyl groups excluding tert-OH is 7. The van der Waals surface area contributed by atoms with Crippen LogP contribution in [0.5, 0.6) is 0 Å². The second-order valence-electron chi connectivity index (χ2n) is 8.36. The maximum atomic E-state index is 12.5. The van der Waals surface area contributed by atoms with Gasteiger partial charge in [0.2, 0.25) is 12.1 Å². The summed E-state index contributed by atoms with van der Waals surface area (Å²) in [5, 5.41) is 69.9. The molecule has 2 heterocycles. The molecule has 0 saturated carbocycles. The normalized spacial score (nSPS) is 38.1. The molecule has 192 valence electrons. The summed E-state index contributed by atoms with van der Waals surface area (Å²) in [5.74, 6) is -3.02. The summed E-state index contributed by atoms with van der Waals surface area (Å²) in [7, 11) is 0. The fourth-order valence-corrected chi connectivity index (χ4v) is 4.04. The predicted octanol–water partition coefficient (Wildman–Crippen LogP) is -2.82. The third-order valence-electron chi connectivity index (χ3n) is 6.00. The first-order valence-electron chi connectivity index (χ1n) is 11.1. The van der Waals surface area contributed by atoms with Gasteiger partial charge >= 0.3 is 5.97 Å². The minimum atomic E-state index is -2.29. The number of hydrogen-bond acceptors (Lipinski definition) is 12. The van der Waals surface area contributed by atoms with E-state index in [0.717, 1.165) is 5.56 Å². The monoisotopic (exact) mass is 488 g/mol. The van der Waals surface area contributed by atoms with Gasteiger partial charge in [0, 0.05) is 6.42 Å². The molecule has 34 heavy (non-hydrogen) atoms. The number of aliphatic hydroxyl groups is 7. The lowest BCUT2D eigenvalue weighted by Crippen LogP contribution is -2.63. The lowest BCUT2D eigenvalue weighted by Gasteiger charge is -2.44. The van der Waals surface area contributed by atoms with Crippen molar-refractivity contribution in [2.24, 2.45) is 0 Å². The van der Waals surface area contributed by atoms with Gasteiger partial charge in [-0.3, -0.25) is 4.79 Å². The number of esters is 1. The molecule has 9 atom stereocenters. The van der Waals surface area contributed by atoms with E-state index in [9.17, 15) is 40.5 Å². The molecule has 0 unspecified atom stereocenters. The summed E-state index contributed by atoms with van der Waals surface area (Å²) in [4.78, 5) is 12.5. The molecule has 2 saturated heterocycles. The number of carbonyl (C=O) groups is 1. The van der Waals surface area contributed by atoms with Crippen LogP contribution in [0.15, 0.2) is 30.3 Å². The van der Waals surface area contributed by atoms with Crippen molar-refractivity contribution in [3.8, 4) is 0 Å². The quantitative estimate of drug-likeness (QED) is 0.167. The highest BCUT2D eigenvalue weighted by Gasteiger charge is 2.59. The van der Waals surface area contributed by atoms with Crippen LogP contribution < -0.4 is 0 Å². The Kier molecular flexibility index (Phi) is 9.34. The first-order valence-corrected chi connectivity index (χ1v) is 11.1. The van der Waals surface area contributed by atoms with Crippen LogP contribution in [0.4, 0.5) is 0 Å². The van der Waals surface area contributed by atoms with Crippen molar-refractivity contribution in [1.82, 2.24) is 0 Å². The third-order valence-corrected chi connectivity index (χ3v) is 6.00. The molecule has 2 aliphatic heterocycles. The average Bonchev–Trinajstić information content (AvgIpc) is 3.09. The minimum absolute atomic E-state index is 0.0279. The van der Waals surface area contributed by atoms with E-state index in [4.69, 9.17) is 18.9 Å². The Morgan fingerprint density at radius 3 is 2.21 bits per heavy atom. The van der Waals surface area contributed by atoms with Crippen LogP contribution in [-0.2, 0) is 30.2 Å². The van der Waals surface area contributed by atoms with Crippen LogP contribution in [0.25, 0.3) is 0 Å². The lowest BCUT2D eigenvalue weighted by molar-refractivity contribution is -0.384. The summed E-state index contributed by atoms with van der Waals surface area (Å²) < 4.78 is 21.7. The van der Waals surface area contributed by atoms with Crippen molar-refractivity contribution in [2.45, 2.75) is 74.1 Å². The van der Waals surface area contributed by atoms with E-state index in [1.54, 1.807) is 0 Å². The van der Waals surface area contributed by atoms with Gasteiger partial charge in [-0.2, -0.15) is 0 Å². The first-order chi connectivity index (χ1) is 16.3. The number of ether oxygens (including phenoxy) is 4. The van der Waals surface area contributed by atoms with Crippen molar-refractivity contribution in [1.29, 1.82) is 0 Å². The molecule has 12 heteroatoms. The maximum Gasteiger partial charge on any atom is 0.306 e. The second-order valence-corrected chi connectivity index (χ2v) is 8.36. The highest BCUT2D eigenvalue weighted by molar-refractivity contribution is 5.69. The predicted molar refractivity (Wildman–Crippen MR) is 112 cm³/mol. The zero-order valence-corrected chi connectivity index (χ0v) is 18.4. The van der Waals surface area contributed by atoms with Gasteiger partial charge in [-0.1, -0.05) is 30.3 Å². The maximum absolute atomic E-state index is 12.5. The topological polar surface area (TPSA) is 196 Å². The van der Waals surface area contributed by atoms with E-state index in [1.165, 1.54) is 0 Å². The number of hydrogen-bond donors (Lipinski definition) is 7. The summed E-state index contributed by atoms with van der Waals surface area (Å²) in [5.41, 5.74) is 1.02. The Balaban J connectivity index is 1.71. The molecule has 7 N–H and O–H groups in total. The Bertz CT molecular complexity index is 778. The highest BCUT2D eigenvalue weighted by atomic mass is 16.8. The van der Waals surface area contributed by atoms with Crippen molar-refractivity contribution in [2.75, 3.05) is 19.8 Å². The summed E-state index contributed by atoms with van der Waals surface area (Å²) in [6.45, 7) is -2.43. The molecule has 2 aliphatic rings. The second kappa shape index (κ2) is 11.8. The average molecular weight is 488 g/mol. The Labute approximate surface area is 195 Å². The van der Waals surface area contributed by atoms with Gasteiger partial charge in [-0.15, -0.1) is 0 Å². The van der Waals surface area contributed by atoms with E-state index in [0.29, 0.717) is 12.8 Å². The van der Waals surface area contributed by atoms with Crippen molar-refractivity contribution >= 4 is 5.97 Å². The Hall–Kier alpha value is -1.71. The third kappa shape index (κ3) is 5.74. The number of aryl methyl sites for hydroxylation is 1. The molecular weight excluding hydrogens is 456 g/mol. The first kappa shape index (κ1) is 26.9. The Morgan fingerprint density at radius 1 is 0.941 bits per heavy atom. The van der Waals surface area contributed by atoms with Crippen LogP contribution in [0, 0.1) is 0 Å². The minimum Gasteiger partial charge on any atom is -0.454 e. The van der Waals surface area contributed by atoms with Crippen LogP contribution >= 0.6 is 0 Å². The van der Waals surface area contributed by atoms with E-state index < -0.39 is 80.6 Å². The molecule has 12 nitrogen and oxygen atoms in total. The van der Waals surface area contributed by atoms with Crippen LogP contribution in [-0.4, -0.2) is 116 Å². The SMILES string of the molecule is O=C(CCCc1ccccc1)O[C@H]1[C@@H](O[C@]2(CO)O[C@H](CO)[C@@H](O)[C@@H]2O)O[C@H](CO)[C@@H](O)[C@@H]1O.